The van der Waals surface area contributed by atoms with E-state index in [1.165, 1.54) is 16.7 Å². The molecule has 0 saturated carbocycles. The summed E-state index contributed by atoms with van der Waals surface area (Å²) in [5.74, 6) is 1.91. The largest absolute Gasteiger partial charge is 0.491 e. The van der Waals surface area contributed by atoms with Crippen LogP contribution in [0.2, 0.25) is 0 Å². The van der Waals surface area contributed by atoms with E-state index in [2.05, 4.69) is 49.5 Å². The molecule has 0 fully saturated rings. The molecule has 134 valence electrons. The van der Waals surface area contributed by atoms with Crippen LogP contribution in [0.1, 0.15) is 30.5 Å². The lowest BCUT2D eigenvalue weighted by atomic mass is 10.0. The number of methoxy groups -OCH3 is 1. The van der Waals surface area contributed by atoms with Gasteiger partial charge in [-0.25, -0.2) is 0 Å². The lowest BCUT2D eigenvalue weighted by molar-refractivity contribution is 0.138. The van der Waals surface area contributed by atoms with Crippen LogP contribution in [0.3, 0.4) is 0 Å². The molecule has 4 heteroatoms. The first-order valence-corrected chi connectivity index (χ1v) is 8.78. The van der Waals surface area contributed by atoms with Crippen LogP contribution in [-0.4, -0.2) is 25.9 Å². The molecule has 0 bridgehead atoms. The van der Waals surface area contributed by atoms with Gasteiger partial charge in [0.1, 0.15) is 23.7 Å². The van der Waals surface area contributed by atoms with Gasteiger partial charge in [-0.1, -0.05) is 24.3 Å². The van der Waals surface area contributed by atoms with E-state index in [0.29, 0.717) is 13.2 Å². The van der Waals surface area contributed by atoms with Crippen molar-refractivity contribution in [2.45, 2.75) is 39.0 Å². The maximum atomic E-state index is 5.93. The van der Waals surface area contributed by atoms with Gasteiger partial charge in [0, 0.05) is 26.6 Å². The SMILES string of the molecule is COCCOc1cccc(CNCc2ccc3c(c2)CC(C)(C)O3)c1. The first-order chi connectivity index (χ1) is 12.1. The van der Waals surface area contributed by atoms with Crippen molar-refractivity contribution in [3.63, 3.8) is 0 Å². The van der Waals surface area contributed by atoms with Crippen molar-refractivity contribution in [3.8, 4) is 11.5 Å². The van der Waals surface area contributed by atoms with Crippen molar-refractivity contribution in [1.29, 1.82) is 0 Å². The summed E-state index contributed by atoms with van der Waals surface area (Å²) in [5.41, 5.74) is 3.71. The van der Waals surface area contributed by atoms with Crippen LogP contribution in [0.4, 0.5) is 0 Å². The minimum absolute atomic E-state index is 0.0857. The summed E-state index contributed by atoms with van der Waals surface area (Å²) in [5, 5.41) is 3.50. The minimum atomic E-state index is -0.0857. The van der Waals surface area contributed by atoms with Gasteiger partial charge in [-0.2, -0.15) is 0 Å². The molecular formula is C21H27NO3. The second-order valence-corrected chi connectivity index (χ2v) is 7.07. The van der Waals surface area contributed by atoms with Gasteiger partial charge in [0.05, 0.1) is 6.61 Å². The van der Waals surface area contributed by atoms with E-state index in [1.54, 1.807) is 7.11 Å². The minimum Gasteiger partial charge on any atom is -0.491 e. The number of benzene rings is 2. The number of ether oxygens (including phenoxy) is 3. The van der Waals surface area contributed by atoms with Crippen LogP contribution >= 0.6 is 0 Å². The molecule has 2 aromatic carbocycles. The average Bonchev–Trinajstić information content (AvgIpc) is 2.89. The summed E-state index contributed by atoms with van der Waals surface area (Å²) >= 11 is 0. The van der Waals surface area contributed by atoms with Crippen molar-refractivity contribution in [3.05, 3.63) is 59.2 Å². The van der Waals surface area contributed by atoms with Crippen molar-refractivity contribution in [1.82, 2.24) is 5.32 Å². The molecule has 0 radical (unpaired) electrons. The van der Waals surface area contributed by atoms with Crippen molar-refractivity contribution in [2.75, 3.05) is 20.3 Å². The number of rotatable bonds is 8. The molecule has 1 heterocycles. The predicted octanol–water partition coefficient (Wildman–Crippen LogP) is 3.72. The number of fused-ring (bicyclic) bond motifs is 1. The molecule has 0 unspecified atom stereocenters. The Kier molecular flexibility index (Phi) is 5.61. The normalized spacial score (nSPS) is 14.8. The lowest BCUT2D eigenvalue weighted by Gasteiger charge is -2.16. The lowest BCUT2D eigenvalue weighted by Crippen LogP contribution is -2.24. The molecule has 1 aliphatic heterocycles. The maximum absolute atomic E-state index is 5.93. The van der Waals surface area contributed by atoms with E-state index in [0.717, 1.165) is 31.0 Å². The van der Waals surface area contributed by atoms with Gasteiger partial charge in [-0.05, 0) is 48.7 Å². The Hall–Kier alpha value is -2.04. The summed E-state index contributed by atoms with van der Waals surface area (Å²) in [6, 6.07) is 14.6. The zero-order valence-corrected chi connectivity index (χ0v) is 15.3. The Morgan fingerprint density at radius 3 is 2.64 bits per heavy atom. The average molecular weight is 341 g/mol. The molecule has 4 nitrogen and oxygen atoms in total. The Morgan fingerprint density at radius 2 is 1.84 bits per heavy atom. The third-order valence-corrected chi connectivity index (χ3v) is 4.24. The highest BCUT2D eigenvalue weighted by Crippen LogP contribution is 2.35. The van der Waals surface area contributed by atoms with Crippen molar-refractivity contribution >= 4 is 0 Å². The van der Waals surface area contributed by atoms with Crippen LogP contribution in [0.25, 0.3) is 0 Å². The Balaban J connectivity index is 1.51. The molecule has 0 amide bonds. The van der Waals surface area contributed by atoms with Gasteiger partial charge in [-0.3, -0.25) is 0 Å². The zero-order valence-electron chi connectivity index (χ0n) is 15.3. The van der Waals surface area contributed by atoms with Gasteiger partial charge in [0.2, 0.25) is 0 Å². The third-order valence-electron chi connectivity index (χ3n) is 4.24. The van der Waals surface area contributed by atoms with E-state index in [-0.39, 0.29) is 5.60 Å². The number of nitrogens with one attached hydrogen (secondary N) is 1. The van der Waals surface area contributed by atoms with Gasteiger partial charge in [0.25, 0.3) is 0 Å². The van der Waals surface area contributed by atoms with Gasteiger partial charge in [-0.15, -0.1) is 0 Å². The first kappa shape index (κ1) is 17.8. The van der Waals surface area contributed by atoms with Crippen LogP contribution < -0.4 is 14.8 Å². The van der Waals surface area contributed by atoms with E-state index in [1.807, 2.05) is 12.1 Å². The van der Waals surface area contributed by atoms with Crippen LogP contribution in [0.15, 0.2) is 42.5 Å². The quantitative estimate of drug-likeness (QED) is 0.743. The first-order valence-electron chi connectivity index (χ1n) is 8.78. The van der Waals surface area contributed by atoms with Gasteiger partial charge >= 0.3 is 0 Å². The fraction of sp³-hybridized carbons (Fsp3) is 0.429. The Bertz CT molecular complexity index is 712. The molecular weight excluding hydrogens is 314 g/mol. The summed E-state index contributed by atoms with van der Waals surface area (Å²) < 4.78 is 16.6. The van der Waals surface area contributed by atoms with Crippen LogP contribution in [0, 0.1) is 0 Å². The van der Waals surface area contributed by atoms with Gasteiger partial charge in [0.15, 0.2) is 0 Å². The maximum Gasteiger partial charge on any atom is 0.123 e. The summed E-state index contributed by atoms with van der Waals surface area (Å²) in [4.78, 5) is 0. The zero-order chi connectivity index (χ0) is 17.7. The molecule has 25 heavy (non-hydrogen) atoms. The van der Waals surface area contributed by atoms with Crippen LogP contribution in [0.5, 0.6) is 11.5 Å². The monoisotopic (exact) mass is 341 g/mol. The van der Waals surface area contributed by atoms with E-state index >= 15 is 0 Å². The van der Waals surface area contributed by atoms with Crippen LogP contribution in [-0.2, 0) is 24.2 Å². The Morgan fingerprint density at radius 1 is 1.04 bits per heavy atom. The molecule has 3 rings (SSSR count). The highest BCUT2D eigenvalue weighted by Gasteiger charge is 2.29. The third kappa shape index (κ3) is 4.97. The topological polar surface area (TPSA) is 39.7 Å². The van der Waals surface area contributed by atoms with Crippen molar-refractivity contribution < 1.29 is 14.2 Å². The van der Waals surface area contributed by atoms with Gasteiger partial charge < -0.3 is 19.5 Å². The smallest absolute Gasteiger partial charge is 0.123 e. The highest BCUT2D eigenvalue weighted by atomic mass is 16.5. The molecule has 1 aliphatic rings. The fourth-order valence-electron chi connectivity index (χ4n) is 3.11. The highest BCUT2D eigenvalue weighted by molar-refractivity contribution is 5.41. The summed E-state index contributed by atoms with van der Waals surface area (Å²) in [6.45, 7) is 7.07. The van der Waals surface area contributed by atoms with E-state index in [9.17, 15) is 0 Å². The molecule has 2 aromatic rings. The molecule has 0 saturated heterocycles. The summed E-state index contributed by atoms with van der Waals surface area (Å²) in [7, 11) is 1.68. The number of hydrogen-bond donors (Lipinski definition) is 1. The summed E-state index contributed by atoms with van der Waals surface area (Å²) in [6.07, 6.45) is 0.969. The molecule has 0 aromatic heterocycles. The second kappa shape index (κ2) is 7.89. The van der Waals surface area contributed by atoms with E-state index in [4.69, 9.17) is 14.2 Å². The molecule has 0 aliphatic carbocycles. The fourth-order valence-corrected chi connectivity index (χ4v) is 3.11. The van der Waals surface area contributed by atoms with E-state index < -0.39 is 0 Å². The standard InChI is InChI=1S/C21H27NO3/c1-21(2)13-18-11-17(7-8-20(18)25-21)15-22-14-16-5-4-6-19(12-16)24-10-9-23-3/h4-8,11-12,22H,9-10,13-15H2,1-3H3. The Labute approximate surface area is 150 Å². The second-order valence-electron chi connectivity index (χ2n) is 7.07. The molecule has 0 atom stereocenters. The molecule has 0 spiro atoms. The number of hydrogen-bond acceptors (Lipinski definition) is 4. The van der Waals surface area contributed by atoms with Crippen molar-refractivity contribution in [2.24, 2.45) is 0 Å². The molecule has 1 N–H and O–H groups in total. The predicted molar refractivity (Wildman–Crippen MR) is 99.2 cm³/mol.